The van der Waals surface area contributed by atoms with Crippen LogP contribution in [0.25, 0.3) is 0 Å². The average Bonchev–Trinajstić information content (AvgIpc) is 2.97. The van der Waals surface area contributed by atoms with Crippen molar-refractivity contribution in [3.63, 3.8) is 0 Å². The van der Waals surface area contributed by atoms with Gasteiger partial charge in [-0.25, -0.2) is 0 Å². The number of rotatable bonds is 11. The zero-order valence-corrected chi connectivity index (χ0v) is 25.7. The van der Waals surface area contributed by atoms with Gasteiger partial charge < -0.3 is 21.1 Å². The van der Waals surface area contributed by atoms with Gasteiger partial charge in [-0.1, -0.05) is 30.3 Å². The predicted molar refractivity (Wildman–Crippen MR) is 171 cm³/mol. The first-order valence-corrected chi connectivity index (χ1v) is 16.6. The van der Waals surface area contributed by atoms with Gasteiger partial charge in [0.05, 0.1) is 23.6 Å². The summed E-state index contributed by atoms with van der Waals surface area (Å²) in [6, 6.07) is 14.9. The Morgan fingerprint density at radius 2 is 1.78 bits per heavy atom. The molecule has 1 saturated heterocycles. The number of halogens is 1. The molecule has 8 nitrogen and oxygen atoms in total. The molecule has 2 aromatic rings. The molecule has 41 heavy (non-hydrogen) atoms. The summed E-state index contributed by atoms with van der Waals surface area (Å²) in [7, 11) is -2.93. The fraction of sp³-hybridized carbons (Fsp3) is 0.581. The van der Waals surface area contributed by atoms with Crippen LogP contribution in [-0.4, -0.2) is 63.2 Å². The van der Waals surface area contributed by atoms with E-state index < -0.39 is 22.9 Å². The Labute approximate surface area is 252 Å². The molecule has 6 N–H and O–H groups in total. The van der Waals surface area contributed by atoms with Crippen molar-refractivity contribution >= 4 is 40.5 Å². The van der Waals surface area contributed by atoms with Gasteiger partial charge in [0.2, 0.25) is 0 Å². The molecule has 4 fully saturated rings. The zero-order chi connectivity index (χ0) is 28.2. The van der Waals surface area contributed by atoms with E-state index in [1.807, 2.05) is 43.3 Å². The third-order valence-electron chi connectivity index (χ3n) is 9.09. The van der Waals surface area contributed by atoms with E-state index in [1.54, 1.807) is 16.4 Å². The van der Waals surface area contributed by atoms with E-state index in [2.05, 4.69) is 16.0 Å². The molecule has 0 aromatic heterocycles. The standard InChI is InChI=1S/C31H46N4O4S.ClH/c1-2-32-26-19-25(20-27(21-26)35-16-6-7-17-40(35,38)39)30(37)34-28(18-24-8-4-3-5-9-24)29(36)22-33-31-13-10-23(11-14-31)12-15-31;/h3-5,8-9,19-21,23,28-29,32-33,36,38-39H,2,6-7,10-18,22H2,1H3,(H,34,37);1H/t23?,28-,29+,31?;/m0./s1. The molecule has 228 valence electrons. The average molecular weight is 607 g/mol. The molecule has 2 aromatic carbocycles. The summed E-state index contributed by atoms with van der Waals surface area (Å²) in [4.78, 5) is 13.7. The van der Waals surface area contributed by atoms with Crippen LogP contribution in [0.3, 0.4) is 0 Å². The van der Waals surface area contributed by atoms with Crippen LogP contribution in [0.2, 0.25) is 0 Å². The summed E-state index contributed by atoms with van der Waals surface area (Å²) in [5, 5.41) is 21.6. The molecule has 4 aliphatic rings. The molecule has 1 heterocycles. The van der Waals surface area contributed by atoms with Crippen molar-refractivity contribution in [2.24, 2.45) is 5.92 Å². The van der Waals surface area contributed by atoms with E-state index in [9.17, 15) is 19.0 Å². The molecular formula is C31H47ClN4O4S. The summed E-state index contributed by atoms with van der Waals surface area (Å²) in [5.41, 5.74) is 2.96. The number of nitrogens with one attached hydrogen (secondary N) is 3. The largest absolute Gasteiger partial charge is 0.390 e. The predicted octanol–water partition coefficient (Wildman–Crippen LogP) is 5.82. The van der Waals surface area contributed by atoms with Gasteiger partial charge in [0.1, 0.15) is 0 Å². The van der Waals surface area contributed by atoms with E-state index in [0.29, 0.717) is 43.1 Å². The Bertz CT molecular complexity index is 1130. The molecular weight excluding hydrogens is 560 g/mol. The number of benzene rings is 2. The monoisotopic (exact) mass is 606 g/mol. The molecule has 3 saturated carbocycles. The lowest BCUT2D eigenvalue weighted by Crippen LogP contribution is -2.56. The van der Waals surface area contributed by atoms with Crippen molar-refractivity contribution in [3.05, 3.63) is 59.7 Å². The molecule has 0 radical (unpaired) electrons. The van der Waals surface area contributed by atoms with Crippen molar-refractivity contribution in [1.29, 1.82) is 0 Å². The first kappa shape index (κ1) is 31.9. The van der Waals surface area contributed by atoms with Crippen LogP contribution in [0, 0.1) is 5.92 Å². The van der Waals surface area contributed by atoms with Crippen molar-refractivity contribution in [1.82, 2.24) is 10.6 Å². The number of carbonyl (C=O) groups excluding carboxylic acids is 1. The second kappa shape index (κ2) is 14.0. The number of nitrogens with zero attached hydrogens (tertiary/aromatic N) is 1. The van der Waals surface area contributed by atoms with Crippen LogP contribution in [0.1, 0.15) is 74.2 Å². The highest BCUT2D eigenvalue weighted by Crippen LogP contribution is 2.50. The van der Waals surface area contributed by atoms with E-state index >= 15 is 0 Å². The lowest BCUT2D eigenvalue weighted by molar-refractivity contribution is 0.0645. The van der Waals surface area contributed by atoms with Gasteiger partial charge in [-0.3, -0.25) is 18.2 Å². The minimum Gasteiger partial charge on any atom is -0.390 e. The van der Waals surface area contributed by atoms with Crippen LogP contribution in [-0.2, 0) is 6.42 Å². The highest BCUT2D eigenvalue weighted by molar-refractivity contribution is 8.25. The van der Waals surface area contributed by atoms with Crippen LogP contribution in [0.5, 0.6) is 0 Å². The van der Waals surface area contributed by atoms with Gasteiger partial charge in [-0.15, -0.1) is 23.2 Å². The van der Waals surface area contributed by atoms with Crippen LogP contribution < -0.4 is 20.3 Å². The van der Waals surface area contributed by atoms with Gasteiger partial charge in [0, 0.05) is 36.4 Å². The number of hydrogen-bond donors (Lipinski definition) is 6. The van der Waals surface area contributed by atoms with E-state index in [-0.39, 0.29) is 23.9 Å². The number of aliphatic hydroxyl groups excluding tert-OH is 1. The number of β-amino-alcohol motifs (C(OH)–C–C–N with tert-alkyl or cyclic N) is 1. The minimum atomic E-state index is -2.93. The Balaban J connectivity index is 0.00000387. The van der Waals surface area contributed by atoms with Gasteiger partial charge in [0.25, 0.3) is 5.91 Å². The Kier molecular flexibility index (Phi) is 10.9. The molecule has 1 aliphatic heterocycles. The highest BCUT2D eigenvalue weighted by Gasteiger charge is 2.40. The van der Waals surface area contributed by atoms with Gasteiger partial charge in [0.15, 0.2) is 0 Å². The first-order chi connectivity index (χ1) is 19.3. The lowest BCUT2D eigenvalue weighted by atomic mass is 9.66. The quantitative estimate of drug-likeness (QED) is 0.191. The number of amides is 1. The van der Waals surface area contributed by atoms with Crippen LogP contribution in [0.4, 0.5) is 11.4 Å². The van der Waals surface area contributed by atoms with Crippen LogP contribution in [0.15, 0.2) is 48.5 Å². The molecule has 6 rings (SSSR count). The van der Waals surface area contributed by atoms with Crippen molar-refractivity contribution in [3.8, 4) is 0 Å². The second-order valence-electron chi connectivity index (χ2n) is 11.9. The number of fused-ring (bicyclic) bond motifs is 3. The third-order valence-corrected chi connectivity index (χ3v) is 11.0. The summed E-state index contributed by atoms with van der Waals surface area (Å²) in [6.07, 6.45) is 8.66. The Morgan fingerprint density at radius 1 is 1.07 bits per heavy atom. The highest BCUT2D eigenvalue weighted by atomic mass is 35.5. The molecule has 2 atom stereocenters. The van der Waals surface area contributed by atoms with E-state index in [0.717, 1.165) is 49.3 Å². The summed E-state index contributed by atoms with van der Waals surface area (Å²) in [5.74, 6) is 0.918. The van der Waals surface area contributed by atoms with Crippen LogP contribution >= 0.6 is 23.2 Å². The van der Waals surface area contributed by atoms with Crippen molar-refractivity contribution in [2.45, 2.75) is 82.4 Å². The molecule has 2 bridgehead atoms. The van der Waals surface area contributed by atoms with Gasteiger partial charge in [-0.05, 0) is 94.4 Å². The Morgan fingerprint density at radius 3 is 2.44 bits per heavy atom. The minimum absolute atomic E-state index is 0. The maximum absolute atomic E-state index is 13.7. The summed E-state index contributed by atoms with van der Waals surface area (Å²) < 4.78 is 23.1. The number of carbonyl (C=O) groups is 1. The topological polar surface area (TPSA) is 117 Å². The maximum Gasteiger partial charge on any atom is 0.251 e. The second-order valence-corrected chi connectivity index (χ2v) is 14.0. The molecule has 0 unspecified atom stereocenters. The SMILES string of the molecule is CCNc1cc(C(=O)N[C@@H](Cc2ccccc2)[C@H](O)CNC23CCC(CC2)CC3)cc(N2CCCCS2(O)O)c1.Cl. The lowest BCUT2D eigenvalue weighted by Gasteiger charge is -2.47. The van der Waals surface area contributed by atoms with Crippen molar-refractivity contribution in [2.75, 3.05) is 35.0 Å². The number of hydrogen-bond acceptors (Lipinski definition) is 7. The summed E-state index contributed by atoms with van der Waals surface area (Å²) in [6.45, 7) is 3.62. The number of anilines is 2. The van der Waals surface area contributed by atoms with Crippen molar-refractivity contribution < 1.29 is 19.0 Å². The first-order valence-electron chi connectivity index (χ1n) is 15.0. The van der Waals surface area contributed by atoms with Gasteiger partial charge >= 0.3 is 0 Å². The number of aliphatic hydroxyl groups is 1. The fourth-order valence-corrected chi connectivity index (χ4v) is 8.35. The Hall–Kier alpha value is -2.01. The fourth-order valence-electron chi connectivity index (χ4n) is 6.68. The van der Waals surface area contributed by atoms with E-state index in [4.69, 9.17) is 0 Å². The van der Waals surface area contributed by atoms with Gasteiger partial charge in [-0.2, -0.15) is 0 Å². The molecule has 10 heteroatoms. The molecule has 3 aliphatic carbocycles. The third kappa shape index (κ3) is 7.89. The zero-order valence-electron chi connectivity index (χ0n) is 24.1. The normalized spacial score (nSPS) is 25.5. The molecule has 0 spiro atoms. The summed E-state index contributed by atoms with van der Waals surface area (Å²) >= 11 is 0. The molecule has 1 amide bonds. The van der Waals surface area contributed by atoms with E-state index in [1.165, 1.54) is 19.3 Å². The smallest absolute Gasteiger partial charge is 0.251 e. The maximum atomic E-state index is 13.7.